The lowest BCUT2D eigenvalue weighted by atomic mass is 10.2. The van der Waals surface area contributed by atoms with Crippen LogP contribution in [-0.2, 0) is 14.8 Å². The van der Waals surface area contributed by atoms with E-state index in [1.807, 2.05) is 6.92 Å². The molecule has 8 heteroatoms. The molecule has 0 aliphatic carbocycles. The van der Waals surface area contributed by atoms with Gasteiger partial charge >= 0.3 is 5.97 Å². The van der Waals surface area contributed by atoms with Crippen molar-refractivity contribution >= 4 is 16.0 Å². The highest BCUT2D eigenvalue weighted by atomic mass is 32.2. The van der Waals surface area contributed by atoms with Gasteiger partial charge in [-0.3, -0.25) is 0 Å². The van der Waals surface area contributed by atoms with Crippen LogP contribution < -0.4 is 9.47 Å². The van der Waals surface area contributed by atoms with Crippen molar-refractivity contribution < 1.29 is 27.4 Å². The Labute approximate surface area is 172 Å². The van der Waals surface area contributed by atoms with Crippen LogP contribution in [-0.4, -0.2) is 51.6 Å². The molecule has 0 heterocycles. The molecule has 0 saturated carbocycles. The van der Waals surface area contributed by atoms with Crippen LogP contribution in [0, 0.1) is 0 Å². The summed E-state index contributed by atoms with van der Waals surface area (Å²) < 4.78 is 42.5. The van der Waals surface area contributed by atoms with E-state index in [4.69, 9.17) is 14.2 Å². The molecule has 0 saturated heterocycles. The van der Waals surface area contributed by atoms with Crippen molar-refractivity contribution in [3.8, 4) is 11.5 Å². The molecule has 0 bridgehead atoms. The van der Waals surface area contributed by atoms with E-state index in [0.717, 1.165) is 5.75 Å². The number of carbonyl (C=O) groups is 1. The summed E-state index contributed by atoms with van der Waals surface area (Å²) in [4.78, 5) is 12.3. The molecule has 2 rings (SSSR count). The summed E-state index contributed by atoms with van der Waals surface area (Å²) in [6, 6.07) is 12.8. The van der Waals surface area contributed by atoms with E-state index >= 15 is 0 Å². The van der Waals surface area contributed by atoms with E-state index in [-0.39, 0.29) is 29.7 Å². The van der Waals surface area contributed by atoms with Crippen molar-refractivity contribution in [2.45, 2.75) is 31.7 Å². The van der Waals surface area contributed by atoms with E-state index in [9.17, 15) is 13.2 Å². The molecule has 0 spiro atoms. The summed E-state index contributed by atoms with van der Waals surface area (Å²) in [6.07, 6.45) is 0. The predicted octanol–water partition coefficient (Wildman–Crippen LogP) is 3.35. The fourth-order valence-corrected chi connectivity index (χ4v) is 3.82. The first kappa shape index (κ1) is 22.7. The SMILES string of the molecule is CCOc1ccc(OCCOC(=O)c2cccc(S(=O)(=O)N(C)C(C)C)c2)cc1. The normalized spacial score (nSPS) is 11.5. The van der Waals surface area contributed by atoms with Gasteiger partial charge in [0.05, 0.1) is 17.1 Å². The molecule has 158 valence electrons. The Morgan fingerprint density at radius 2 is 1.62 bits per heavy atom. The molecule has 0 fully saturated rings. The van der Waals surface area contributed by atoms with Gasteiger partial charge in [-0.1, -0.05) is 6.07 Å². The van der Waals surface area contributed by atoms with Gasteiger partial charge in [-0.2, -0.15) is 4.31 Å². The number of ether oxygens (including phenoxy) is 3. The maximum Gasteiger partial charge on any atom is 0.338 e. The fraction of sp³-hybridized carbons (Fsp3) is 0.381. The average molecular weight is 422 g/mol. The summed E-state index contributed by atoms with van der Waals surface area (Å²) >= 11 is 0. The second-order valence-corrected chi connectivity index (χ2v) is 8.53. The monoisotopic (exact) mass is 421 g/mol. The highest BCUT2D eigenvalue weighted by Gasteiger charge is 2.24. The number of hydrogen-bond acceptors (Lipinski definition) is 6. The number of rotatable bonds is 10. The minimum Gasteiger partial charge on any atom is -0.494 e. The molecule has 0 atom stereocenters. The van der Waals surface area contributed by atoms with Gasteiger partial charge in [-0.15, -0.1) is 0 Å². The van der Waals surface area contributed by atoms with Crippen LogP contribution in [0.1, 0.15) is 31.1 Å². The van der Waals surface area contributed by atoms with E-state index in [2.05, 4.69) is 0 Å². The van der Waals surface area contributed by atoms with Gasteiger partial charge in [0.1, 0.15) is 24.7 Å². The first-order valence-electron chi connectivity index (χ1n) is 9.36. The maximum atomic E-state index is 12.6. The number of sulfonamides is 1. The second kappa shape index (κ2) is 10.3. The summed E-state index contributed by atoms with van der Waals surface area (Å²) in [5, 5.41) is 0. The van der Waals surface area contributed by atoms with E-state index in [0.29, 0.717) is 12.4 Å². The second-order valence-electron chi connectivity index (χ2n) is 6.53. The fourth-order valence-electron chi connectivity index (χ4n) is 2.40. The summed E-state index contributed by atoms with van der Waals surface area (Å²) in [5.74, 6) is 0.781. The van der Waals surface area contributed by atoms with E-state index in [1.165, 1.54) is 35.6 Å². The Bertz CT molecular complexity index is 909. The zero-order chi connectivity index (χ0) is 21.4. The minimum absolute atomic E-state index is 0.0366. The highest BCUT2D eigenvalue weighted by molar-refractivity contribution is 7.89. The van der Waals surface area contributed by atoms with Gasteiger partial charge in [-0.05, 0) is 63.2 Å². The van der Waals surface area contributed by atoms with Crippen LogP contribution in [0.5, 0.6) is 11.5 Å². The molecule has 0 aliphatic heterocycles. The number of hydrogen-bond donors (Lipinski definition) is 0. The number of esters is 1. The van der Waals surface area contributed by atoms with Crippen molar-refractivity contribution in [2.75, 3.05) is 26.9 Å². The van der Waals surface area contributed by atoms with Crippen molar-refractivity contribution in [2.24, 2.45) is 0 Å². The molecule has 7 nitrogen and oxygen atoms in total. The number of nitrogens with zero attached hydrogens (tertiary/aromatic N) is 1. The van der Waals surface area contributed by atoms with E-state index < -0.39 is 16.0 Å². The largest absolute Gasteiger partial charge is 0.494 e. The topological polar surface area (TPSA) is 82.1 Å². The molecule has 2 aromatic carbocycles. The van der Waals surface area contributed by atoms with Crippen LogP contribution in [0.4, 0.5) is 0 Å². The van der Waals surface area contributed by atoms with Gasteiger partial charge in [0, 0.05) is 13.1 Å². The van der Waals surface area contributed by atoms with Crippen molar-refractivity contribution in [1.29, 1.82) is 0 Å². The molecule has 0 aromatic heterocycles. The first-order chi connectivity index (χ1) is 13.8. The van der Waals surface area contributed by atoms with E-state index in [1.54, 1.807) is 38.1 Å². The molecule has 0 N–H and O–H groups in total. The lowest BCUT2D eigenvalue weighted by Gasteiger charge is -2.21. The summed E-state index contributed by atoms with van der Waals surface area (Å²) in [6.45, 7) is 6.27. The predicted molar refractivity (Wildman–Crippen MR) is 110 cm³/mol. The van der Waals surface area contributed by atoms with Gasteiger partial charge in [0.2, 0.25) is 10.0 Å². The zero-order valence-electron chi connectivity index (χ0n) is 17.1. The zero-order valence-corrected chi connectivity index (χ0v) is 17.9. The molecule has 2 aromatic rings. The summed E-state index contributed by atoms with van der Waals surface area (Å²) in [5.41, 5.74) is 0.171. The van der Waals surface area contributed by atoms with Crippen LogP contribution in [0.15, 0.2) is 53.4 Å². The molecule has 0 unspecified atom stereocenters. The first-order valence-corrected chi connectivity index (χ1v) is 10.8. The lowest BCUT2D eigenvalue weighted by molar-refractivity contribution is 0.0450. The Balaban J connectivity index is 1.91. The smallest absolute Gasteiger partial charge is 0.338 e. The lowest BCUT2D eigenvalue weighted by Crippen LogP contribution is -2.33. The van der Waals surface area contributed by atoms with Crippen molar-refractivity contribution in [3.63, 3.8) is 0 Å². The molecular formula is C21H27NO6S. The van der Waals surface area contributed by atoms with Crippen molar-refractivity contribution in [1.82, 2.24) is 4.31 Å². The quantitative estimate of drug-likeness (QED) is 0.432. The summed E-state index contributed by atoms with van der Waals surface area (Å²) in [7, 11) is -2.17. The average Bonchev–Trinajstić information content (AvgIpc) is 2.71. The Morgan fingerprint density at radius 3 is 2.21 bits per heavy atom. The molecular weight excluding hydrogens is 394 g/mol. The third-order valence-corrected chi connectivity index (χ3v) is 6.22. The van der Waals surface area contributed by atoms with Crippen LogP contribution in [0.25, 0.3) is 0 Å². The third kappa shape index (κ3) is 6.20. The van der Waals surface area contributed by atoms with Gasteiger partial charge in [0.25, 0.3) is 0 Å². The van der Waals surface area contributed by atoms with Gasteiger partial charge in [0.15, 0.2) is 0 Å². The van der Waals surface area contributed by atoms with Crippen LogP contribution in [0.2, 0.25) is 0 Å². The van der Waals surface area contributed by atoms with Crippen molar-refractivity contribution in [3.05, 3.63) is 54.1 Å². The Hall–Kier alpha value is -2.58. The Morgan fingerprint density at radius 1 is 1.00 bits per heavy atom. The Kier molecular flexibility index (Phi) is 8.04. The molecule has 0 aliphatic rings. The molecule has 0 amide bonds. The molecule has 29 heavy (non-hydrogen) atoms. The van der Waals surface area contributed by atoms with Gasteiger partial charge in [-0.25, -0.2) is 13.2 Å². The number of carbonyl (C=O) groups excluding carboxylic acids is 1. The maximum absolute atomic E-state index is 12.6. The van der Waals surface area contributed by atoms with Crippen LogP contribution in [0.3, 0.4) is 0 Å². The standard InChI is InChI=1S/C21H27NO6S/c1-5-26-18-9-11-19(12-10-18)27-13-14-28-21(23)17-7-6-8-20(15-17)29(24,25)22(4)16(2)3/h6-12,15-16H,5,13-14H2,1-4H3. The number of benzene rings is 2. The molecule has 0 radical (unpaired) electrons. The van der Waals surface area contributed by atoms with Gasteiger partial charge < -0.3 is 14.2 Å². The minimum atomic E-state index is -3.67. The third-order valence-electron chi connectivity index (χ3n) is 4.19. The highest BCUT2D eigenvalue weighted by Crippen LogP contribution is 2.19. The van der Waals surface area contributed by atoms with Crippen LogP contribution >= 0.6 is 0 Å².